The van der Waals surface area contributed by atoms with Crippen LogP contribution in [0.4, 0.5) is 0 Å². The van der Waals surface area contributed by atoms with E-state index in [9.17, 15) is 9.59 Å². The molecule has 0 aliphatic rings. The molecule has 0 aliphatic carbocycles. The molecule has 104 valence electrons. The molecule has 1 unspecified atom stereocenters. The molecule has 2 N–H and O–H groups in total. The molecule has 0 radical (unpaired) electrons. The van der Waals surface area contributed by atoms with Gasteiger partial charge in [0.1, 0.15) is 0 Å². The van der Waals surface area contributed by atoms with Crippen LogP contribution in [0, 0.1) is 17.3 Å². The van der Waals surface area contributed by atoms with Gasteiger partial charge in [-0.1, -0.05) is 40.5 Å². The Hall–Kier alpha value is 0.511. The quantitative estimate of drug-likeness (QED) is 0.521. The summed E-state index contributed by atoms with van der Waals surface area (Å²) >= 11 is 0. The molecule has 18 heavy (non-hydrogen) atoms. The van der Waals surface area contributed by atoms with Crippen molar-refractivity contribution < 1.29 is 19.8 Å². The normalized spacial score (nSPS) is 12.9. The molecule has 0 aromatic rings. The Morgan fingerprint density at radius 1 is 1.11 bits per heavy atom. The van der Waals surface area contributed by atoms with Gasteiger partial charge in [0.15, 0.2) is 5.92 Å². The van der Waals surface area contributed by atoms with E-state index in [4.69, 9.17) is 10.2 Å². The molecule has 0 aromatic carbocycles. The number of hydrogen-bond acceptors (Lipinski definition) is 2. The molecule has 0 rings (SSSR count). The fourth-order valence-electron chi connectivity index (χ4n) is 1.95. The van der Waals surface area contributed by atoms with Crippen LogP contribution in [0.25, 0.3) is 0 Å². The number of carboxylic acid groups (broad SMARTS) is 2. The summed E-state index contributed by atoms with van der Waals surface area (Å²) in [7, 11) is 0. The van der Waals surface area contributed by atoms with Gasteiger partial charge in [0.05, 0.1) is 0 Å². The summed E-state index contributed by atoms with van der Waals surface area (Å²) in [5.74, 6) is -3.62. The van der Waals surface area contributed by atoms with E-state index in [1.165, 1.54) is 0 Å². The average molecular weight is 384 g/mol. The van der Waals surface area contributed by atoms with Crippen LogP contribution in [0.15, 0.2) is 0 Å². The second-order valence-corrected chi connectivity index (χ2v) is 5.67. The first kappa shape index (κ1) is 20.8. The van der Waals surface area contributed by atoms with Crippen molar-refractivity contribution >= 4 is 60.8 Å². The van der Waals surface area contributed by atoms with E-state index in [1.54, 1.807) is 0 Å². The molecule has 0 bridgehead atoms. The zero-order chi connectivity index (χ0) is 13.6. The summed E-state index contributed by atoms with van der Waals surface area (Å²) in [5, 5.41) is 17.8. The van der Waals surface area contributed by atoms with E-state index in [1.807, 2.05) is 20.8 Å². The predicted octanol–water partition coefficient (Wildman–Crippen LogP) is 2.10. The van der Waals surface area contributed by atoms with E-state index in [2.05, 4.69) is 6.92 Å². The predicted molar refractivity (Wildman–Crippen MR) is 74.4 cm³/mol. The fraction of sp³-hybridized carbons (Fsp3) is 0.846. The molecule has 1 atom stereocenters. The molecular weight excluding hydrogens is 357 g/mol. The van der Waals surface area contributed by atoms with Crippen LogP contribution in [0.3, 0.4) is 0 Å². The number of hydrogen-bond donors (Lipinski definition) is 2. The van der Waals surface area contributed by atoms with Gasteiger partial charge in [0.2, 0.25) is 0 Å². The van der Waals surface area contributed by atoms with Crippen LogP contribution >= 0.6 is 0 Å². The van der Waals surface area contributed by atoms with Crippen molar-refractivity contribution in [2.45, 2.75) is 53.4 Å². The van der Waals surface area contributed by atoms with Crippen molar-refractivity contribution in [2.24, 2.45) is 17.3 Å². The van der Waals surface area contributed by atoms with E-state index < -0.39 is 17.9 Å². The maximum atomic E-state index is 10.9. The third-order valence-corrected chi connectivity index (χ3v) is 3.25. The Morgan fingerprint density at radius 3 is 1.83 bits per heavy atom. The van der Waals surface area contributed by atoms with E-state index in [-0.39, 0.29) is 66.6 Å². The van der Waals surface area contributed by atoms with Gasteiger partial charge in [0, 0.05) is 0 Å². The molecular formula is C13H26BaO4. The van der Waals surface area contributed by atoms with E-state index >= 15 is 0 Å². The monoisotopic (exact) mass is 384 g/mol. The average Bonchev–Trinajstić information content (AvgIpc) is 2.14. The molecule has 0 fully saturated rings. The van der Waals surface area contributed by atoms with Gasteiger partial charge in [0.25, 0.3) is 0 Å². The molecule has 4 nitrogen and oxygen atoms in total. The molecule has 0 amide bonds. The number of aliphatic carboxylic acids is 2. The van der Waals surface area contributed by atoms with Crippen molar-refractivity contribution in [3.8, 4) is 0 Å². The molecule has 5 heteroatoms. The van der Waals surface area contributed by atoms with Crippen molar-refractivity contribution in [1.29, 1.82) is 0 Å². The van der Waals surface area contributed by atoms with Gasteiger partial charge in [-0.15, -0.1) is 0 Å². The zero-order valence-corrected chi connectivity index (χ0v) is 11.2. The summed E-state index contributed by atoms with van der Waals surface area (Å²) < 4.78 is 0. The third-order valence-electron chi connectivity index (χ3n) is 3.25. The SMILES string of the molecule is CCCCC(CC(C(=O)O)C(=O)O)C(C)(C)C.[BaH2]. The number of carbonyl (C=O) groups is 2. The van der Waals surface area contributed by atoms with E-state index in [0.29, 0.717) is 0 Å². The summed E-state index contributed by atoms with van der Waals surface area (Å²) in [6.45, 7) is 8.18. The first-order chi connectivity index (χ1) is 7.70. The topological polar surface area (TPSA) is 74.6 Å². The van der Waals surface area contributed by atoms with Crippen LogP contribution in [-0.2, 0) is 9.59 Å². The molecule has 0 heterocycles. The van der Waals surface area contributed by atoms with Gasteiger partial charge < -0.3 is 10.2 Å². The van der Waals surface area contributed by atoms with E-state index in [0.717, 1.165) is 19.3 Å². The van der Waals surface area contributed by atoms with Crippen molar-refractivity contribution in [1.82, 2.24) is 0 Å². The zero-order valence-electron chi connectivity index (χ0n) is 11.2. The number of unbranched alkanes of at least 4 members (excludes halogenated alkanes) is 1. The standard InChI is InChI=1S/C13H24O4.Ba.2H/c1-5-6-7-9(13(2,3)4)8-10(11(14)15)12(16)17;;;/h9-10H,5-8H2,1-4H3,(H,14,15)(H,16,17);;;. The van der Waals surface area contributed by atoms with Crippen molar-refractivity contribution in [2.75, 3.05) is 0 Å². The Bertz CT molecular complexity index is 257. The molecule has 0 saturated carbocycles. The third kappa shape index (κ3) is 7.84. The van der Waals surface area contributed by atoms with Gasteiger partial charge in [-0.3, -0.25) is 9.59 Å². The number of rotatable bonds is 7. The van der Waals surface area contributed by atoms with Crippen LogP contribution in [-0.4, -0.2) is 71.0 Å². The van der Waals surface area contributed by atoms with Crippen LogP contribution in [0.1, 0.15) is 53.4 Å². The second-order valence-electron chi connectivity index (χ2n) is 5.67. The summed E-state index contributed by atoms with van der Waals surface area (Å²) in [4.78, 5) is 21.8. The molecule has 0 aromatic heterocycles. The van der Waals surface area contributed by atoms with Gasteiger partial charge >= 0.3 is 60.8 Å². The minimum absolute atomic E-state index is 0. The van der Waals surface area contributed by atoms with Crippen molar-refractivity contribution in [3.05, 3.63) is 0 Å². The molecule has 0 aliphatic heterocycles. The molecule has 0 saturated heterocycles. The van der Waals surface area contributed by atoms with Gasteiger partial charge in [-0.2, -0.15) is 0 Å². The van der Waals surface area contributed by atoms with Gasteiger partial charge in [-0.05, 0) is 24.2 Å². The Labute approximate surface area is 150 Å². The minimum atomic E-state index is -1.28. The summed E-state index contributed by atoms with van der Waals surface area (Å²) in [6.07, 6.45) is 3.15. The van der Waals surface area contributed by atoms with Gasteiger partial charge in [-0.25, -0.2) is 0 Å². The van der Waals surface area contributed by atoms with Crippen LogP contribution < -0.4 is 0 Å². The maximum absolute atomic E-state index is 10.9. The Balaban J connectivity index is 0. The first-order valence-corrected chi connectivity index (χ1v) is 6.15. The van der Waals surface area contributed by atoms with Crippen LogP contribution in [0.5, 0.6) is 0 Å². The first-order valence-electron chi connectivity index (χ1n) is 6.15. The van der Waals surface area contributed by atoms with Crippen LogP contribution in [0.2, 0.25) is 0 Å². The fourth-order valence-corrected chi connectivity index (χ4v) is 1.95. The Kier molecular flexibility index (Phi) is 10.9. The summed E-state index contributed by atoms with van der Waals surface area (Å²) in [5.41, 5.74) is -0.0572. The molecule has 0 spiro atoms. The Morgan fingerprint density at radius 2 is 1.56 bits per heavy atom. The van der Waals surface area contributed by atoms with Crippen molar-refractivity contribution in [3.63, 3.8) is 0 Å². The number of carboxylic acids is 2. The summed E-state index contributed by atoms with van der Waals surface area (Å²) in [6, 6.07) is 0. The second kappa shape index (κ2) is 9.42.